The van der Waals surface area contributed by atoms with Crippen LogP contribution in [-0.2, 0) is 4.74 Å². The molecule has 1 rings (SSSR count). The Hall–Kier alpha value is -0.0800. The van der Waals surface area contributed by atoms with Gasteiger partial charge in [0.05, 0.1) is 6.61 Å². The zero-order valence-electron chi connectivity index (χ0n) is 11.5. The second kappa shape index (κ2) is 5.50. The van der Waals surface area contributed by atoms with E-state index in [0.717, 1.165) is 19.1 Å². The number of ether oxygens (including phenoxy) is 1. The smallest absolute Gasteiger partial charge is 0.0538 e. The Morgan fingerprint density at radius 2 is 1.69 bits per heavy atom. The van der Waals surface area contributed by atoms with E-state index in [2.05, 4.69) is 20.8 Å². The monoisotopic (exact) mass is 227 g/mol. The molecule has 1 fully saturated rings. The van der Waals surface area contributed by atoms with Crippen LogP contribution < -0.4 is 5.73 Å². The molecule has 0 saturated heterocycles. The SMILES string of the molecule is COCC(CN)(C1CCCCC1)C(C)(C)C. The fourth-order valence-corrected chi connectivity index (χ4v) is 3.39. The molecule has 1 aliphatic rings. The highest BCUT2D eigenvalue weighted by atomic mass is 16.5. The highest BCUT2D eigenvalue weighted by Gasteiger charge is 2.46. The zero-order valence-corrected chi connectivity index (χ0v) is 11.5. The molecule has 2 heteroatoms. The summed E-state index contributed by atoms with van der Waals surface area (Å²) in [6.45, 7) is 8.49. The van der Waals surface area contributed by atoms with Gasteiger partial charge in [-0.25, -0.2) is 0 Å². The molecular weight excluding hydrogens is 198 g/mol. The fraction of sp³-hybridized carbons (Fsp3) is 1.00. The summed E-state index contributed by atoms with van der Waals surface area (Å²) < 4.78 is 5.50. The van der Waals surface area contributed by atoms with Crippen molar-refractivity contribution in [3.8, 4) is 0 Å². The maximum atomic E-state index is 6.13. The lowest BCUT2D eigenvalue weighted by molar-refractivity contribution is -0.0583. The van der Waals surface area contributed by atoms with Gasteiger partial charge in [-0.1, -0.05) is 40.0 Å². The molecule has 16 heavy (non-hydrogen) atoms. The third-order valence-electron chi connectivity index (χ3n) is 4.65. The third-order valence-corrected chi connectivity index (χ3v) is 4.65. The van der Waals surface area contributed by atoms with Gasteiger partial charge in [0, 0.05) is 19.1 Å². The molecule has 0 amide bonds. The Balaban J connectivity index is 2.90. The number of rotatable bonds is 4. The lowest BCUT2D eigenvalue weighted by Gasteiger charge is -2.50. The summed E-state index contributed by atoms with van der Waals surface area (Å²) in [7, 11) is 1.80. The summed E-state index contributed by atoms with van der Waals surface area (Å²) in [5.74, 6) is 0.742. The fourth-order valence-electron chi connectivity index (χ4n) is 3.39. The number of methoxy groups -OCH3 is 1. The van der Waals surface area contributed by atoms with Crippen molar-refractivity contribution < 1.29 is 4.74 Å². The molecule has 0 bridgehead atoms. The van der Waals surface area contributed by atoms with Crippen LogP contribution in [0.2, 0.25) is 0 Å². The van der Waals surface area contributed by atoms with E-state index in [4.69, 9.17) is 10.5 Å². The van der Waals surface area contributed by atoms with Crippen molar-refractivity contribution in [3.63, 3.8) is 0 Å². The van der Waals surface area contributed by atoms with E-state index in [9.17, 15) is 0 Å². The van der Waals surface area contributed by atoms with Gasteiger partial charge >= 0.3 is 0 Å². The Kier molecular flexibility index (Phi) is 4.81. The minimum absolute atomic E-state index is 0.155. The quantitative estimate of drug-likeness (QED) is 0.800. The Morgan fingerprint density at radius 1 is 1.12 bits per heavy atom. The van der Waals surface area contributed by atoms with Gasteiger partial charge < -0.3 is 10.5 Å². The minimum atomic E-state index is 0.155. The summed E-state index contributed by atoms with van der Waals surface area (Å²) in [5.41, 5.74) is 6.51. The summed E-state index contributed by atoms with van der Waals surface area (Å²) in [6, 6.07) is 0. The molecule has 1 unspecified atom stereocenters. The Morgan fingerprint density at radius 3 is 2.06 bits per heavy atom. The van der Waals surface area contributed by atoms with Gasteiger partial charge in [0.1, 0.15) is 0 Å². The van der Waals surface area contributed by atoms with Crippen molar-refractivity contribution in [1.82, 2.24) is 0 Å². The van der Waals surface area contributed by atoms with Gasteiger partial charge in [0.15, 0.2) is 0 Å². The number of hydrogen-bond donors (Lipinski definition) is 1. The topological polar surface area (TPSA) is 35.2 Å². The summed E-state index contributed by atoms with van der Waals surface area (Å²) in [4.78, 5) is 0. The minimum Gasteiger partial charge on any atom is -0.384 e. The first-order valence-corrected chi connectivity index (χ1v) is 6.67. The lowest BCUT2D eigenvalue weighted by Crippen LogP contribution is -2.51. The normalized spacial score (nSPS) is 23.1. The van der Waals surface area contributed by atoms with E-state index in [1.807, 2.05) is 0 Å². The van der Waals surface area contributed by atoms with E-state index in [-0.39, 0.29) is 10.8 Å². The van der Waals surface area contributed by atoms with Crippen molar-refractivity contribution in [2.45, 2.75) is 52.9 Å². The molecule has 1 saturated carbocycles. The predicted octanol–water partition coefficient (Wildman–Crippen LogP) is 3.20. The molecule has 0 aromatic rings. The summed E-state index contributed by atoms with van der Waals surface area (Å²) >= 11 is 0. The second-order valence-electron chi connectivity index (χ2n) is 6.38. The van der Waals surface area contributed by atoms with Crippen molar-refractivity contribution in [1.29, 1.82) is 0 Å². The molecule has 2 N–H and O–H groups in total. The maximum absolute atomic E-state index is 6.13. The maximum Gasteiger partial charge on any atom is 0.0538 e. The lowest BCUT2D eigenvalue weighted by atomic mass is 9.57. The van der Waals surface area contributed by atoms with E-state index in [0.29, 0.717) is 0 Å². The molecule has 0 aliphatic heterocycles. The van der Waals surface area contributed by atoms with Crippen LogP contribution in [0.25, 0.3) is 0 Å². The first-order valence-electron chi connectivity index (χ1n) is 6.67. The van der Waals surface area contributed by atoms with Crippen LogP contribution in [0.3, 0.4) is 0 Å². The van der Waals surface area contributed by atoms with Gasteiger partial charge in [-0.15, -0.1) is 0 Å². The molecule has 96 valence electrons. The standard InChI is InChI=1S/C14H29NO/c1-13(2,3)14(10-15,11-16-4)12-8-6-5-7-9-12/h12H,5-11,15H2,1-4H3. The first-order chi connectivity index (χ1) is 7.48. The molecule has 0 spiro atoms. The summed E-state index contributed by atoms with van der Waals surface area (Å²) in [5, 5.41) is 0. The number of hydrogen-bond acceptors (Lipinski definition) is 2. The second-order valence-corrected chi connectivity index (χ2v) is 6.38. The third kappa shape index (κ3) is 2.60. The van der Waals surface area contributed by atoms with Gasteiger partial charge in [-0.3, -0.25) is 0 Å². The molecule has 0 aromatic carbocycles. The van der Waals surface area contributed by atoms with Crippen LogP contribution in [-0.4, -0.2) is 20.3 Å². The average Bonchev–Trinajstić information content (AvgIpc) is 2.25. The van der Waals surface area contributed by atoms with E-state index < -0.39 is 0 Å². The molecule has 2 nitrogen and oxygen atoms in total. The molecule has 0 aromatic heterocycles. The van der Waals surface area contributed by atoms with Crippen LogP contribution in [0.4, 0.5) is 0 Å². The molecule has 1 aliphatic carbocycles. The van der Waals surface area contributed by atoms with Crippen molar-refractivity contribution in [2.75, 3.05) is 20.3 Å². The van der Waals surface area contributed by atoms with Gasteiger partial charge in [-0.05, 0) is 24.2 Å². The molecule has 1 atom stereocenters. The van der Waals surface area contributed by atoms with Gasteiger partial charge in [0.25, 0.3) is 0 Å². The van der Waals surface area contributed by atoms with Gasteiger partial charge in [0.2, 0.25) is 0 Å². The van der Waals surface area contributed by atoms with Crippen LogP contribution in [0, 0.1) is 16.7 Å². The first kappa shape index (κ1) is 14.0. The Bertz CT molecular complexity index is 203. The van der Waals surface area contributed by atoms with E-state index in [1.54, 1.807) is 7.11 Å². The number of nitrogens with two attached hydrogens (primary N) is 1. The molecular formula is C14H29NO. The molecule has 0 heterocycles. The largest absolute Gasteiger partial charge is 0.384 e. The predicted molar refractivity (Wildman–Crippen MR) is 69.4 cm³/mol. The average molecular weight is 227 g/mol. The van der Waals surface area contributed by atoms with Crippen LogP contribution in [0.15, 0.2) is 0 Å². The molecule has 0 radical (unpaired) electrons. The van der Waals surface area contributed by atoms with Gasteiger partial charge in [-0.2, -0.15) is 0 Å². The van der Waals surface area contributed by atoms with Crippen LogP contribution in [0.5, 0.6) is 0 Å². The zero-order chi connectivity index (χ0) is 12.2. The van der Waals surface area contributed by atoms with Crippen molar-refractivity contribution >= 4 is 0 Å². The van der Waals surface area contributed by atoms with Crippen LogP contribution >= 0.6 is 0 Å². The van der Waals surface area contributed by atoms with Crippen molar-refractivity contribution in [2.24, 2.45) is 22.5 Å². The Labute approximate surface area is 101 Å². The summed E-state index contributed by atoms with van der Waals surface area (Å²) in [6.07, 6.45) is 6.79. The highest BCUT2D eigenvalue weighted by molar-refractivity contribution is 4.97. The van der Waals surface area contributed by atoms with E-state index in [1.165, 1.54) is 32.1 Å². The highest BCUT2D eigenvalue weighted by Crippen LogP contribution is 2.49. The van der Waals surface area contributed by atoms with E-state index >= 15 is 0 Å². The van der Waals surface area contributed by atoms with Crippen LogP contribution in [0.1, 0.15) is 52.9 Å². The van der Waals surface area contributed by atoms with Crippen molar-refractivity contribution in [3.05, 3.63) is 0 Å².